The van der Waals surface area contributed by atoms with Gasteiger partial charge in [-0.2, -0.15) is 0 Å². The zero-order valence-electron chi connectivity index (χ0n) is 10.4. The number of rotatable bonds is 4. The molecule has 0 saturated carbocycles. The molecule has 2 rings (SSSR count). The Kier molecular flexibility index (Phi) is 3.93. The molecule has 1 N–H and O–H groups in total. The smallest absolute Gasteiger partial charge is 0.358 e. The van der Waals surface area contributed by atoms with Gasteiger partial charge in [0, 0.05) is 10.5 Å². The monoisotopic (exact) mass is 345 g/mol. The number of methoxy groups -OCH3 is 2. The molecule has 0 aliphatic carbocycles. The van der Waals surface area contributed by atoms with Crippen LogP contribution in [0.1, 0.15) is 10.5 Å². The first-order valence-electron chi connectivity index (χ1n) is 5.30. The predicted molar refractivity (Wildman–Crippen MR) is 69.7 cm³/mol. The maximum atomic E-state index is 14.4. The van der Waals surface area contributed by atoms with Crippen molar-refractivity contribution >= 4 is 21.9 Å². The molecular formula is C12H9BrFNO5. The summed E-state index contributed by atoms with van der Waals surface area (Å²) in [5, 5.41) is 12.1. The van der Waals surface area contributed by atoms with E-state index < -0.39 is 11.8 Å². The number of aromatic nitrogens is 1. The highest BCUT2D eigenvalue weighted by Crippen LogP contribution is 2.42. The summed E-state index contributed by atoms with van der Waals surface area (Å²) in [5.74, 6) is -1.96. The van der Waals surface area contributed by atoms with Crippen molar-refractivity contribution in [2.45, 2.75) is 0 Å². The zero-order chi connectivity index (χ0) is 14.9. The molecule has 8 heteroatoms. The highest BCUT2D eigenvalue weighted by Gasteiger charge is 2.24. The highest BCUT2D eigenvalue weighted by atomic mass is 79.9. The number of hydrogen-bond donors (Lipinski definition) is 1. The van der Waals surface area contributed by atoms with Crippen LogP contribution < -0.4 is 9.47 Å². The zero-order valence-corrected chi connectivity index (χ0v) is 12.0. The Morgan fingerprint density at radius 2 is 2.10 bits per heavy atom. The van der Waals surface area contributed by atoms with Crippen molar-refractivity contribution in [3.63, 3.8) is 0 Å². The quantitative estimate of drug-likeness (QED) is 0.917. The lowest BCUT2D eigenvalue weighted by Crippen LogP contribution is -1.97. The molecule has 0 spiro atoms. The third-order valence-electron chi connectivity index (χ3n) is 2.54. The lowest BCUT2D eigenvalue weighted by atomic mass is 10.1. The van der Waals surface area contributed by atoms with Gasteiger partial charge in [-0.15, -0.1) is 0 Å². The van der Waals surface area contributed by atoms with Crippen molar-refractivity contribution in [1.29, 1.82) is 0 Å². The molecule has 20 heavy (non-hydrogen) atoms. The van der Waals surface area contributed by atoms with E-state index in [1.54, 1.807) is 0 Å². The molecule has 1 heterocycles. The molecule has 106 valence electrons. The minimum Gasteiger partial charge on any atom is -0.493 e. The van der Waals surface area contributed by atoms with E-state index >= 15 is 0 Å². The van der Waals surface area contributed by atoms with Crippen LogP contribution in [-0.4, -0.2) is 30.5 Å². The molecule has 1 aromatic heterocycles. The predicted octanol–water partition coefficient (Wildman–Crippen LogP) is 2.96. The van der Waals surface area contributed by atoms with Crippen LogP contribution >= 0.6 is 15.9 Å². The van der Waals surface area contributed by atoms with Gasteiger partial charge < -0.3 is 19.1 Å². The van der Waals surface area contributed by atoms with Crippen molar-refractivity contribution < 1.29 is 28.3 Å². The first-order valence-corrected chi connectivity index (χ1v) is 6.09. The first kappa shape index (κ1) is 14.3. The van der Waals surface area contributed by atoms with Crippen LogP contribution in [0.5, 0.6) is 11.5 Å². The molecule has 0 saturated heterocycles. The van der Waals surface area contributed by atoms with Gasteiger partial charge in [0.2, 0.25) is 0 Å². The molecule has 0 unspecified atom stereocenters. The topological polar surface area (TPSA) is 81.8 Å². The average Bonchev–Trinajstić information content (AvgIpc) is 2.87. The van der Waals surface area contributed by atoms with Crippen LogP contribution in [0.3, 0.4) is 0 Å². The Morgan fingerprint density at radius 3 is 2.60 bits per heavy atom. The van der Waals surface area contributed by atoms with E-state index in [0.717, 1.165) is 6.07 Å². The van der Waals surface area contributed by atoms with Gasteiger partial charge in [0.05, 0.1) is 19.8 Å². The second-order valence-electron chi connectivity index (χ2n) is 3.66. The molecule has 0 amide bonds. The minimum absolute atomic E-state index is 0.00245. The van der Waals surface area contributed by atoms with Crippen molar-refractivity contribution in [3.8, 4) is 22.8 Å². The third kappa shape index (κ3) is 2.34. The lowest BCUT2D eigenvalue weighted by molar-refractivity contribution is 0.0686. The fourth-order valence-electron chi connectivity index (χ4n) is 1.64. The van der Waals surface area contributed by atoms with Crippen LogP contribution in [0.15, 0.2) is 21.1 Å². The number of carbonyl (C=O) groups is 1. The molecule has 6 nitrogen and oxygen atoms in total. The van der Waals surface area contributed by atoms with Crippen molar-refractivity contribution in [2.75, 3.05) is 14.2 Å². The second-order valence-corrected chi connectivity index (χ2v) is 4.52. The SMILES string of the molecule is COc1cc(Br)c(-c2cc(C(=O)O)no2)c(F)c1OC. The number of benzene rings is 1. The van der Waals surface area contributed by atoms with Crippen LogP contribution in [0.4, 0.5) is 4.39 Å². The molecule has 2 aromatic rings. The van der Waals surface area contributed by atoms with Gasteiger partial charge in [0.1, 0.15) is 0 Å². The molecule has 0 fully saturated rings. The maximum absolute atomic E-state index is 14.4. The Hall–Kier alpha value is -2.09. The molecule has 1 aromatic carbocycles. The fraction of sp³-hybridized carbons (Fsp3) is 0.167. The van der Waals surface area contributed by atoms with E-state index in [9.17, 15) is 9.18 Å². The fourth-order valence-corrected chi connectivity index (χ4v) is 2.22. The summed E-state index contributed by atoms with van der Waals surface area (Å²) >= 11 is 3.17. The van der Waals surface area contributed by atoms with Crippen molar-refractivity contribution in [3.05, 3.63) is 28.1 Å². The highest BCUT2D eigenvalue weighted by molar-refractivity contribution is 9.10. The van der Waals surface area contributed by atoms with E-state index in [4.69, 9.17) is 19.1 Å². The number of hydrogen-bond acceptors (Lipinski definition) is 5. The summed E-state index contributed by atoms with van der Waals surface area (Å²) in [4.78, 5) is 10.8. The van der Waals surface area contributed by atoms with Crippen molar-refractivity contribution in [2.24, 2.45) is 0 Å². The maximum Gasteiger partial charge on any atom is 0.358 e. The number of carboxylic acid groups (broad SMARTS) is 1. The normalized spacial score (nSPS) is 10.4. The summed E-state index contributed by atoms with van der Waals surface area (Å²) in [6, 6.07) is 2.61. The number of aromatic carboxylic acids is 1. The van der Waals surface area contributed by atoms with Gasteiger partial charge in [-0.25, -0.2) is 9.18 Å². The van der Waals surface area contributed by atoms with Gasteiger partial charge in [-0.05, 0) is 22.0 Å². The Balaban J connectivity index is 2.64. The van der Waals surface area contributed by atoms with Gasteiger partial charge >= 0.3 is 5.97 Å². The molecule has 0 aliphatic rings. The van der Waals surface area contributed by atoms with E-state index in [1.807, 2.05) is 0 Å². The van der Waals surface area contributed by atoms with E-state index in [0.29, 0.717) is 4.47 Å². The van der Waals surface area contributed by atoms with Gasteiger partial charge in [-0.3, -0.25) is 0 Å². The van der Waals surface area contributed by atoms with Gasteiger partial charge in [-0.1, -0.05) is 5.16 Å². The summed E-state index contributed by atoms with van der Waals surface area (Å²) in [5.41, 5.74) is -0.316. The van der Waals surface area contributed by atoms with Gasteiger partial charge in [0.25, 0.3) is 0 Å². The largest absolute Gasteiger partial charge is 0.493 e. The lowest BCUT2D eigenvalue weighted by Gasteiger charge is -2.12. The van der Waals surface area contributed by atoms with E-state index in [2.05, 4.69) is 21.1 Å². The average molecular weight is 346 g/mol. The first-order chi connectivity index (χ1) is 9.49. The molecule has 0 radical (unpaired) electrons. The van der Waals surface area contributed by atoms with Gasteiger partial charge in [0.15, 0.2) is 28.8 Å². The minimum atomic E-state index is -1.27. The summed E-state index contributed by atoms with van der Waals surface area (Å²) < 4.78 is 29.5. The van der Waals surface area contributed by atoms with Crippen molar-refractivity contribution in [1.82, 2.24) is 5.16 Å². The molecular weight excluding hydrogens is 337 g/mol. The standard InChI is InChI=1S/C12H9BrFNO5/c1-18-8-3-5(13)9(10(14)11(8)19-2)7-4-6(12(16)17)15-20-7/h3-4H,1-2H3,(H,16,17). The van der Waals surface area contributed by atoms with Crippen LogP contribution in [0, 0.1) is 5.82 Å². The molecule has 0 atom stereocenters. The molecule has 0 aliphatic heterocycles. The van der Waals surface area contributed by atoms with Crippen LogP contribution in [0.25, 0.3) is 11.3 Å². The number of nitrogens with zero attached hydrogens (tertiary/aromatic N) is 1. The van der Waals surface area contributed by atoms with Crippen LogP contribution in [0.2, 0.25) is 0 Å². The Bertz CT molecular complexity index is 670. The second kappa shape index (κ2) is 5.49. The number of halogens is 2. The number of carboxylic acids is 1. The Morgan fingerprint density at radius 1 is 1.40 bits per heavy atom. The Labute approximate surface area is 121 Å². The summed E-state index contributed by atoms with van der Waals surface area (Å²) in [7, 11) is 2.67. The van der Waals surface area contributed by atoms with E-state index in [-0.39, 0.29) is 28.5 Å². The summed E-state index contributed by atoms with van der Waals surface area (Å²) in [6.07, 6.45) is 0. The van der Waals surface area contributed by atoms with E-state index in [1.165, 1.54) is 20.3 Å². The summed E-state index contributed by atoms with van der Waals surface area (Å²) in [6.45, 7) is 0. The van der Waals surface area contributed by atoms with Crippen LogP contribution in [-0.2, 0) is 0 Å². The third-order valence-corrected chi connectivity index (χ3v) is 3.16. The number of ether oxygens (including phenoxy) is 2. The molecule has 0 bridgehead atoms.